The molecule has 0 saturated heterocycles. The highest BCUT2D eigenvalue weighted by molar-refractivity contribution is 7.89. The zero-order valence-electron chi connectivity index (χ0n) is 7.82. The molecule has 0 aromatic heterocycles. The molecule has 5 nitrogen and oxygen atoms in total. The second-order valence-electron chi connectivity index (χ2n) is 2.82. The van der Waals surface area contributed by atoms with E-state index in [1.54, 1.807) is 0 Å². The first-order valence-electron chi connectivity index (χ1n) is 4.11. The normalized spacial score (nSPS) is 11.3. The molecule has 0 radical (unpaired) electrons. The number of hydrogen-bond donors (Lipinski definition) is 3. The summed E-state index contributed by atoms with van der Waals surface area (Å²) in [6.45, 7) is 2.56. The SMILES string of the molecule is CCNc1cc(S(N)(=O)=O)ccc1N. The molecule has 0 unspecified atom stereocenters. The van der Waals surface area contributed by atoms with Gasteiger partial charge in [0, 0.05) is 6.54 Å². The number of sulfonamides is 1. The molecular formula is C8H13N3O2S. The molecule has 0 saturated carbocycles. The number of hydrogen-bond acceptors (Lipinski definition) is 4. The van der Waals surface area contributed by atoms with Crippen LogP contribution in [0.1, 0.15) is 6.92 Å². The standard InChI is InChI=1S/C8H13N3O2S/c1-2-11-8-5-6(14(10,12)13)3-4-7(8)9/h3-5,11H,2,9H2,1H3,(H2,10,12,13). The van der Waals surface area contributed by atoms with Gasteiger partial charge in [0.25, 0.3) is 0 Å². The lowest BCUT2D eigenvalue weighted by Crippen LogP contribution is -2.13. The number of benzene rings is 1. The van der Waals surface area contributed by atoms with Gasteiger partial charge in [-0.3, -0.25) is 0 Å². The minimum atomic E-state index is -3.66. The van der Waals surface area contributed by atoms with E-state index in [1.165, 1.54) is 18.2 Å². The van der Waals surface area contributed by atoms with Gasteiger partial charge in [-0.15, -0.1) is 0 Å². The summed E-state index contributed by atoms with van der Waals surface area (Å²) in [5.41, 5.74) is 6.70. The zero-order chi connectivity index (χ0) is 10.8. The average Bonchev–Trinajstić information content (AvgIpc) is 2.07. The van der Waals surface area contributed by atoms with Gasteiger partial charge in [-0.25, -0.2) is 13.6 Å². The Labute approximate surface area is 83.2 Å². The summed E-state index contributed by atoms with van der Waals surface area (Å²) in [6, 6.07) is 4.32. The van der Waals surface area contributed by atoms with Crippen molar-refractivity contribution in [1.82, 2.24) is 0 Å². The molecule has 6 heteroatoms. The van der Waals surface area contributed by atoms with Crippen molar-refractivity contribution in [2.75, 3.05) is 17.6 Å². The summed E-state index contributed by atoms with van der Waals surface area (Å²) in [5, 5.41) is 7.92. The van der Waals surface area contributed by atoms with E-state index >= 15 is 0 Å². The summed E-state index contributed by atoms with van der Waals surface area (Å²) in [5.74, 6) is 0. The van der Waals surface area contributed by atoms with Crippen molar-refractivity contribution in [3.8, 4) is 0 Å². The number of rotatable bonds is 3. The maximum atomic E-state index is 11.0. The molecular weight excluding hydrogens is 202 g/mol. The number of nitrogen functional groups attached to an aromatic ring is 1. The average molecular weight is 215 g/mol. The molecule has 0 bridgehead atoms. The number of primary sulfonamides is 1. The Hall–Kier alpha value is -1.27. The maximum Gasteiger partial charge on any atom is 0.238 e. The van der Waals surface area contributed by atoms with Crippen LogP contribution in [-0.4, -0.2) is 15.0 Å². The van der Waals surface area contributed by atoms with Crippen LogP contribution in [0.3, 0.4) is 0 Å². The molecule has 0 aliphatic rings. The zero-order valence-corrected chi connectivity index (χ0v) is 8.64. The van der Waals surface area contributed by atoms with E-state index in [4.69, 9.17) is 10.9 Å². The van der Waals surface area contributed by atoms with Gasteiger partial charge in [0.05, 0.1) is 16.3 Å². The number of anilines is 2. The van der Waals surface area contributed by atoms with Crippen LogP contribution in [0.25, 0.3) is 0 Å². The summed E-state index contributed by atoms with van der Waals surface area (Å²) >= 11 is 0. The Bertz CT molecular complexity index is 428. The molecule has 78 valence electrons. The van der Waals surface area contributed by atoms with Crippen molar-refractivity contribution in [3.05, 3.63) is 18.2 Å². The maximum absolute atomic E-state index is 11.0. The topological polar surface area (TPSA) is 98.2 Å². The third-order valence-corrected chi connectivity index (χ3v) is 2.63. The minimum absolute atomic E-state index is 0.0580. The van der Waals surface area contributed by atoms with Crippen molar-refractivity contribution in [2.45, 2.75) is 11.8 Å². The quantitative estimate of drug-likeness (QED) is 0.633. The highest BCUT2D eigenvalue weighted by atomic mass is 32.2. The molecule has 0 spiro atoms. The Balaban J connectivity index is 3.20. The summed E-state index contributed by atoms with van der Waals surface area (Å²) < 4.78 is 22.0. The number of nitrogens with one attached hydrogen (secondary N) is 1. The van der Waals surface area contributed by atoms with Crippen molar-refractivity contribution in [2.24, 2.45) is 5.14 Å². The molecule has 1 aromatic rings. The smallest absolute Gasteiger partial charge is 0.238 e. The first-order valence-corrected chi connectivity index (χ1v) is 5.66. The summed E-state index contributed by atoms with van der Waals surface area (Å²) in [7, 11) is -3.66. The third kappa shape index (κ3) is 2.36. The lowest BCUT2D eigenvalue weighted by Gasteiger charge is -2.08. The van der Waals surface area contributed by atoms with E-state index in [0.29, 0.717) is 17.9 Å². The van der Waals surface area contributed by atoms with E-state index in [0.717, 1.165) is 0 Å². The monoisotopic (exact) mass is 215 g/mol. The van der Waals surface area contributed by atoms with Crippen molar-refractivity contribution in [3.63, 3.8) is 0 Å². The van der Waals surface area contributed by atoms with Crippen LogP contribution in [0, 0.1) is 0 Å². The van der Waals surface area contributed by atoms with Gasteiger partial charge in [0.2, 0.25) is 10.0 Å². The molecule has 0 atom stereocenters. The summed E-state index contributed by atoms with van der Waals surface area (Å²) in [6.07, 6.45) is 0. The molecule has 0 amide bonds. The third-order valence-electron chi connectivity index (χ3n) is 1.72. The van der Waals surface area contributed by atoms with Gasteiger partial charge in [0.1, 0.15) is 0 Å². The van der Waals surface area contributed by atoms with E-state index in [9.17, 15) is 8.42 Å². The fourth-order valence-electron chi connectivity index (χ4n) is 1.06. The Morgan fingerprint density at radius 2 is 2.07 bits per heavy atom. The predicted molar refractivity (Wildman–Crippen MR) is 56.4 cm³/mol. The van der Waals surface area contributed by atoms with Gasteiger partial charge in [-0.1, -0.05) is 0 Å². The Kier molecular flexibility index (Phi) is 2.97. The first kappa shape index (κ1) is 10.8. The minimum Gasteiger partial charge on any atom is -0.397 e. The Morgan fingerprint density at radius 3 is 2.57 bits per heavy atom. The Morgan fingerprint density at radius 1 is 1.43 bits per heavy atom. The second kappa shape index (κ2) is 3.85. The van der Waals surface area contributed by atoms with Crippen LogP contribution in [0.4, 0.5) is 11.4 Å². The predicted octanol–water partition coefficient (Wildman–Crippen LogP) is 0.348. The van der Waals surface area contributed by atoms with Crippen LogP contribution in [0.5, 0.6) is 0 Å². The van der Waals surface area contributed by atoms with Gasteiger partial charge in [-0.2, -0.15) is 0 Å². The van der Waals surface area contributed by atoms with Crippen molar-refractivity contribution < 1.29 is 8.42 Å². The molecule has 0 heterocycles. The van der Waals surface area contributed by atoms with Crippen LogP contribution < -0.4 is 16.2 Å². The van der Waals surface area contributed by atoms with E-state index < -0.39 is 10.0 Å². The largest absolute Gasteiger partial charge is 0.397 e. The summed E-state index contributed by atoms with van der Waals surface area (Å²) in [4.78, 5) is 0.0580. The van der Waals surface area contributed by atoms with Crippen LogP contribution in [-0.2, 0) is 10.0 Å². The second-order valence-corrected chi connectivity index (χ2v) is 4.39. The molecule has 0 fully saturated rings. The van der Waals surface area contributed by atoms with Gasteiger partial charge < -0.3 is 11.1 Å². The van der Waals surface area contributed by atoms with Gasteiger partial charge in [0.15, 0.2) is 0 Å². The molecule has 0 aliphatic heterocycles. The molecule has 1 aromatic carbocycles. The fourth-order valence-corrected chi connectivity index (χ4v) is 1.60. The fraction of sp³-hybridized carbons (Fsp3) is 0.250. The highest BCUT2D eigenvalue weighted by Gasteiger charge is 2.09. The first-order chi connectivity index (χ1) is 6.45. The molecule has 14 heavy (non-hydrogen) atoms. The highest BCUT2D eigenvalue weighted by Crippen LogP contribution is 2.21. The lowest BCUT2D eigenvalue weighted by atomic mass is 10.2. The van der Waals surface area contributed by atoms with Crippen LogP contribution in [0.2, 0.25) is 0 Å². The van der Waals surface area contributed by atoms with Crippen molar-refractivity contribution in [1.29, 1.82) is 0 Å². The molecule has 5 N–H and O–H groups in total. The van der Waals surface area contributed by atoms with E-state index in [-0.39, 0.29) is 4.90 Å². The van der Waals surface area contributed by atoms with Crippen LogP contribution >= 0.6 is 0 Å². The van der Waals surface area contributed by atoms with Gasteiger partial charge >= 0.3 is 0 Å². The van der Waals surface area contributed by atoms with E-state index in [2.05, 4.69) is 5.32 Å². The molecule has 0 aliphatic carbocycles. The van der Waals surface area contributed by atoms with Crippen molar-refractivity contribution >= 4 is 21.4 Å². The van der Waals surface area contributed by atoms with E-state index in [1.807, 2.05) is 6.92 Å². The van der Waals surface area contributed by atoms with Gasteiger partial charge in [-0.05, 0) is 25.1 Å². The van der Waals surface area contributed by atoms with Crippen LogP contribution in [0.15, 0.2) is 23.1 Å². The molecule has 1 rings (SSSR count). The number of nitrogens with two attached hydrogens (primary N) is 2. The lowest BCUT2D eigenvalue weighted by molar-refractivity contribution is 0.598.